The van der Waals surface area contributed by atoms with E-state index in [9.17, 15) is 5.11 Å². The molecular weight excluding hydrogens is 230 g/mol. The molecule has 0 aliphatic rings. The van der Waals surface area contributed by atoms with Crippen LogP contribution >= 0.6 is 0 Å². The number of rotatable bonds is 7. The van der Waals surface area contributed by atoms with E-state index in [2.05, 4.69) is 19.2 Å². The molecule has 18 heavy (non-hydrogen) atoms. The predicted molar refractivity (Wildman–Crippen MR) is 71.8 cm³/mol. The molecule has 102 valence electrons. The van der Waals surface area contributed by atoms with Crippen LogP contribution < -0.4 is 10.1 Å². The first-order chi connectivity index (χ1) is 8.58. The summed E-state index contributed by atoms with van der Waals surface area (Å²) in [6.45, 7) is 5.10. The molecule has 4 heteroatoms. The molecule has 1 aromatic carbocycles. The van der Waals surface area contributed by atoms with Gasteiger partial charge in [0.1, 0.15) is 0 Å². The lowest BCUT2D eigenvalue weighted by Crippen LogP contribution is -2.34. The van der Waals surface area contributed by atoms with Crippen molar-refractivity contribution in [2.75, 3.05) is 13.7 Å². The summed E-state index contributed by atoms with van der Waals surface area (Å²) in [7, 11) is 1.53. The monoisotopic (exact) mass is 253 g/mol. The van der Waals surface area contributed by atoms with Crippen molar-refractivity contribution in [2.45, 2.75) is 32.9 Å². The number of phenols is 1. The standard InChI is InChI=1S/C14H23NO3/c1-10(2)12(6-7-16)15-9-11-4-5-14(18-3)13(17)8-11/h4-5,8,10,12,15-17H,6-7,9H2,1-3H3. The van der Waals surface area contributed by atoms with Crippen molar-refractivity contribution < 1.29 is 14.9 Å². The molecule has 0 fully saturated rings. The number of hydrogen-bond donors (Lipinski definition) is 3. The van der Waals surface area contributed by atoms with Crippen LogP contribution in [0.1, 0.15) is 25.8 Å². The maximum atomic E-state index is 9.68. The predicted octanol–water partition coefficient (Wildman–Crippen LogP) is 1.90. The Morgan fingerprint density at radius 1 is 1.33 bits per heavy atom. The number of nitrogens with one attached hydrogen (secondary N) is 1. The second-order valence-corrected chi connectivity index (χ2v) is 4.75. The van der Waals surface area contributed by atoms with Gasteiger partial charge in [-0.3, -0.25) is 0 Å². The molecule has 0 bridgehead atoms. The Labute approximate surface area is 109 Å². The maximum absolute atomic E-state index is 9.68. The van der Waals surface area contributed by atoms with Crippen molar-refractivity contribution >= 4 is 0 Å². The van der Waals surface area contributed by atoms with Crippen molar-refractivity contribution in [3.8, 4) is 11.5 Å². The fraction of sp³-hybridized carbons (Fsp3) is 0.571. The number of hydrogen-bond acceptors (Lipinski definition) is 4. The third kappa shape index (κ3) is 4.20. The topological polar surface area (TPSA) is 61.7 Å². The number of aliphatic hydroxyl groups excluding tert-OH is 1. The van der Waals surface area contributed by atoms with Crippen LogP contribution in [0, 0.1) is 5.92 Å². The molecular formula is C14H23NO3. The smallest absolute Gasteiger partial charge is 0.160 e. The van der Waals surface area contributed by atoms with Gasteiger partial charge in [-0.25, -0.2) is 0 Å². The van der Waals surface area contributed by atoms with Gasteiger partial charge in [0, 0.05) is 19.2 Å². The second kappa shape index (κ2) is 7.24. The first-order valence-electron chi connectivity index (χ1n) is 6.28. The highest BCUT2D eigenvalue weighted by Crippen LogP contribution is 2.26. The Balaban J connectivity index is 2.59. The van der Waals surface area contributed by atoms with Crippen LogP contribution in [0.2, 0.25) is 0 Å². The zero-order valence-electron chi connectivity index (χ0n) is 11.3. The Bertz CT molecular complexity index is 366. The molecule has 0 spiro atoms. The zero-order chi connectivity index (χ0) is 13.5. The van der Waals surface area contributed by atoms with Crippen LogP contribution in [0.5, 0.6) is 11.5 Å². The molecule has 3 N–H and O–H groups in total. The maximum Gasteiger partial charge on any atom is 0.160 e. The SMILES string of the molecule is COc1ccc(CNC(CCO)C(C)C)cc1O. The van der Waals surface area contributed by atoms with Gasteiger partial charge in [-0.2, -0.15) is 0 Å². The number of ether oxygens (including phenoxy) is 1. The molecule has 1 rings (SSSR count). The lowest BCUT2D eigenvalue weighted by atomic mass is 10.0. The fourth-order valence-electron chi connectivity index (χ4n) is 1.90. The van der Waals surface area contributed by atoms with Gasteiger partial charge in [0.15, 0.2) is 11.5 Å². The van der Waals surface area contributed by atoms with E-state index in [1.54, 1.807) is 12.1 Å². The van der Waals surface area contributed by atoms with Gasteiger partial charge in [0.25, 0.3) is 0 Å². The summed E-state index contributed by atoms with van der Waals surface area (Å²) in [5.74, 6) is 1.10. The van der Waals surface area contributed by atoms with Gasteiger partial charge in [-0.05, 0) is 30.0 Å². The van der Waals surface area contributed by atoms with Crippen molar-refractivity contribution in [1.29, 1.82) is 0 Å². The van der Waals surface area contributed by atoms with Crippen LogP contribution in [-0.4, -0.2) is 30.0 Å². The average Bonchev–Trinajstić information content (AvgIpc) is 2.34. The molecule has 4 nitrogen and oxygen atoms in total. The third-order valence-electron chi connectivity index (χ3n) is 3.06. The van der Waals surface area contributed by atoms with Crippen molar-refractivity contribution in [2.24, 2.45) is 5.92 Å². The van der Waals surface area contributed by atoms with Gasteiger partial charge in [0.05, 0.1) is 7.11 Å². The van der Waals surface area contributed by atoms with E-state index in [1.165, 1.54) is 7.11 Å². The Morgan fingerprint density at radius 3 is 2.56 bits per heavy atom. The molecule has 0 aromatic heterocycles. The van der Waals surface area contributed by atoms with Gasteiger partial charge in [0.2, 0.25) is 0 Å². The Hall–Kier alpha value is -1.26. The molecule has 0 saturated heterocycles. The molecule has 0 heterocycles. The number of methoxy groups -OCH3 is 1. The quantitative estimate of drug-likeness (QED) is 0.694. The highest BCUT2D eigenvalue weighted by Gasteiger charge is 2.12. The highest BCUT2D eigenvalue weighted by molar-refractivity contribution is 5.41. The molecule has 0 aliphatic heterocycles. The third-order valence-corrected chi connectivity index (χ3v) is 3.06. The molecule has 0 saturated carbocycles. The van der Waals surface area contributed by atoms with Gasteiger partial charge in [-0.1, -0.05) is 19.9 Å². The molecule has 0 aliphatic carbocycles. The zero-order valence-corrected chi connectivity index (χ0v) is 11.3. The average molecular weight is 253 g/mol. The number of benzene rings is 1. The minimum absolute atomic E-state index is 0.153. The van der Waals surface area contributed by atoms with Crippen LogP contribution in [0.4, 0.5) is 0 Å². The van der Waals surface area contributed by atoms with Crippen molar-refractivity contribution in [1.82, 2.24) is 5.32 Å². The highest BCUT2D eigenvalue weighted by atomic mass is 16.5. The molecule has 0 radical (unpaired) electrons. The minimum atomic E-state index is 0.153. The normalized spacial score (nSPS) is 12.7. The summed E-state index contributed by atoms with van der Waals surface area (Å²) in [5, 5.41) is 22.1. The molecule has 1 aromatic rings. The summed E-state index contributed by atoms with van der Waals surface area (Å²) in [5.41, 5.74) is 0.997. The lowest BCUT2D eigenvalue weighted by Gasteiger charge is -2.21. The van der Waals surface area contributed by atoms with Crippen LogP contribution in [-0.2, 0) is 6.54 Å². The number of phenolic OH excluding ortho intramolecular Hbond substituents is 1. The first kappa shape index (κ1) is 14.8. The fourth-order valence-corrected chi connectivity index (χ4v) is 1.90. The summed E-state index contributed by atoms with van der Waals surface area (Å²) >= 11 is 0. The summed E-state index contributed by atoms with van der Waals surface area (Å²) in [6, 6.07) is 5.64. The second-order valence-electron chi connectivity index (χ2n) is 4.75. The first-order valence-corrected chi connectivity index (χ1v) is 6.28. The lowest BCUT2D eigenvalue weighted by molar-refractivity contribution is 0.244. The van der Waals surface area contributed by atoms with Gasteiger partial charge < -0.3 is 20.3 Å². The number of aliphatic hydroxyl groups is 1. The van der Waals surface area contributed by atoms with Crippen LogP contribution in [0.15, 0.2) is 18.2 Å². The summed E-state index contributed by atoms with van der Waals surface area (Å²) in [6.07, 6.45) is 0.736. The van der Waals surface area contributed by atoms with Crippen LogP contribution in [0.3, 0.4) is 0 Å². The Kier molecular flexibility index (Phi) is 5.95. The molecule has 1 unspecified atom stereocenters. The van der Waals surface area contributed by atoms with Crippen molar-refractivity contribution in [3.05, 3.63) is 23.8 Å². The molecule has 0 amide bonds. The van der Waals surface area contributed by atoms with Gasteiger partial charge in [-0.15, -0.1) is 0 Å². The van der Waals surface area contributed by atoms with E-state index in [-0.39, 0.29) is 18.4 Å². The largest absolute Gasteiger partial charge is 0.504 e. The van der Waals surface area contributed by atoms with E-state index < -0.39 is 0 Å². The van der Waals surface area contributed by atoms with Crippen LogP contribution in [0.25, 0.3) is 0 Å². The van der Waals surface area contributed by atoms with Gasteiger partial charge >= 0.3 is 0 Å². The Morgan fingerprint density at radius 2 is 2.06 bits per heavy atom. The van der Waals surface area contributed by atoms with E-state index >= 15 is 0 Å². The van der Waals surface area contributed by atoms with E-state index in [1.807, 2.05) is 6.07 Å². The van der Waals surface area contributed by atoms with E-state index in [0.717, 1.165) is 12.0 Å². The summed E-state index contributed by atoms with van der Waals surface area (Å²) in [4.78, 5) is 0. The summed E-state index contributed by atoms with van der Waals surface area (Å²) < 4.78 is 5.00. The number of aromatic hydroxyl groups is 1. The van der Waals surface area contributed by atoms with Crippen molar-refractivity contribution in [3.63, 3.8) is 0 Å². The minimum Gasteiger partial charge on any atom is -0.504 e. The molecule has 1 atom stereocenters. The van der Waals surface area contributed by atoms with E-state index in [4.69, 9.17) is 9.84 Å². The van der Waals surface area contributed by atoms with E-state index in [0.29, 0.717) is 18.2 Å².